The fraction of sp³-hybridized carbons (Fsp3) is 0.462. The van der Waals surface area contributed by atoms with E-state index in [0.717, 1.165) is 50.1 Å². The van der Waals surface area contributed by atoms with Crippen molar-refractivity contribution < 1.29 is 9.59 Å². The minimum atomic E-state index is -0.340. The second-order valence-electron chi connectivity index (χ2n) is 9.41. The van der Waals surface area contributed by atoms with Crippen LogP contribution in [0, 0.1) is 25.2 Å². The van der Waals surface area contributed by atoms with Crippen LogP contribution < -0.4 is 5.32 Å². The summed E-state index contributed by atoms with van der Waals surface area (Å²) in [5.41, 5.74) is 3.87. The quantitative estimate of drug-likeness (QED) is 0.687. The molecule has 9 heteroatoms. The summed E-state index contributed by atoms with van der Waals surface area (Å²) in [5, 5.41) is 12.7. The third-order valence-electron chi connectivity index (χ3n) is 6.93. The molecule has 0 saturated carbocycles. The van der Waals surface area contributed by atoms with Gasteiger partial charge in [0.2, 0.25) is 0 Å². The molecule has 0 bridgehead atoms. The number of hydrogen-bond acceptors (Lipinski definition) is 5. The fourth-order valence-corrected chi connectivity index (χ4v) is 5.03. The highest BCUT2D eigenvalue weighted by Gasteiger charge is 2.31. The number of halogens is 1. The zero-order valence-corrected chi connectivity index (χ0v) is 21.2. The molecule has 8 nitrogen and oxygen atoms in total. The summed E-state index contributed by atoms with van der Waals surface area (Å²) in [4.78, 5) is 36.1. The molecule has 2 aromatic rings. The van der Waals surface area contributed by atoms with Crippen molar-refractivity contribution >= 4 is 29.2 Å². The number of anilines is 1. The van der Waals surface area contributed by atoms with E-state index in [1.54, 1.807) is 19.1 Å². The molecule has 3 heterocycles. The van der Waals surface area contributed by atoms with Gasteiger partial charge in [-0.2, -0.15) is 5.26 Å². The van der Waals surface area contributed by atoms with Gasteiger partial charge >= 0.3 is 6.03 Å². The predicted octanol–water partition coefficient (Wildman–Crippen LogP) is 4.20. The molecule has 0 spiro atoms. The number of nitrogens with zero attached hydrogens (tertiary/aromatic N) is 5. The van der Waals surface area contributed by atoms with Crippen molar-refractivity contribution in [2.24, 2.45) is 0 Å². The van der Waals surface area contributed by atoms with E-state index in [4.69, 9.17) is 11.6 Å². The van der Waals surface area contributed by atoms with Gasteiger partial charge < -0.3 is 15.1 Å². The van der Waals surface area contributed by atoms with Crippen molar-refractivity contribution in [2.75, 3.05) is 38.0 Å². The van der Waals surface area contributed by atoms with Gasteiger partial charge in [-0.25, -0.2) is 4.79 Å². The van der Waals surface area contributed by atoms with Crippen LogP contribution in [-0.2, 0) is 6.54 Å². The second kappa shape index (κ2) is 10.6. The molecule has 2 saturated heterocycles. The van der Waals surface area contributed by atoms with Crippen LogP contribution in [0.1, 0.15) is 52.5 Å². The molecule has 1 atom stereocenters. The van der Waals surface area contributed by atoms with Crippen LogP contribution in [0.2, 0.25) is 5.02 Å². The van der Waals surface area contributed by atoms with Crippen LogP contribution in [0.15, 0.2) is 24.4 Å². The lowest BCUT2D eigenvalue weighted by Gasteiger charge is -2.41. The first-order chi connectivity index (χ1) is 16.8. The molecule has 0 aliphatic carbocycles. The fourth-order valence-electron chi connectivity index (χ4n) is 4.79. The zero-order chi connectivity index (χ0) is 25.1. The lowest BCUT2D eigenvalue weighted by Crippen LogP contribution is -2.56. The average molecular weight is 495 g/mol. The molecule has 35 heavy (non-hydrogen) atoms. The maximum Gasteiger partial charge on any atom is 0.320 e. The molecular weight excluding hydrogens is 464 g/mol. The number of carbonyl (C=O) groups is 2. The minimum Gasteiger partial charge on any atom is -0.325 e. The van der Waals surface area contributed by atoms with Crippen molar-refractivity contribution in [3.8, 4) is 6.07 Å². The van der Waals surface area contributed by atoms with Crippen LogP contribution >= 0.6 is 11.6 Å². The van der Waals surface area contributed by atoms with Gasteiger partial charge in [0.1, 0.15) is 6.07 Å². The summed E-state index contributed by atoms with van der Waals surface area (Å²) in [5.74, 6) is -0.340. The SMILES string of the molecule is Cc1ncc(C(=O)Nc2cc(Cl)cc(CN3CCN(C(=O)N4CCCC4)[C@@H](C)C3)c2C)cc1C#N. The van der Waals surface area contributed by atoms with Crippen LogP contribution in [0.3, 0.4) is 0 Å². The molecular formula is C26H31ClN6O2. The number of carbonyl (C=O) groups excluding carboxylic acids is 2. The van der Waals surface area contributed by atoms with Crippen molar-refractivity contribution in [3.05, 3.63) is 57.4 Å². The monoisotopic (exact) mass is 494 g/mol. The molecule has 0 radical (unpaired) electrons. The van der Waals surface area contributed by atoms with E-state index in [0.29, 0.717) is 40.6 Å². The van der Waals surface area contributed by atoms with E-state index in [1.807, 2.05) is 22.8 Å². The Morgan fingerprint density at radius 1 is 1.17 bits per heavy atom. The molecule has 4 rings (SSSR count). The zero-order valence-electron chi connectivity index (χ0n) is 20.5. The largest absolute Gasteiger partial charge is 0.325 e. The Morgan fingerprint density at radius 2 is 1.91 bits per heavy atom. The lowest BCUT2D eigenvalue weighted by molar-refractivity contribution is 0.0814. The number of aromatic nitrogens is 1. The highest BCUT2D eigenvalue weighted by atomic mass is 35.5. The Balaban J connectivity index is 1.44. The molecule has 3 amide bonds. The normalized spacial score (nSPS) is 18.4. The highest BCUT2D eigenvalue weighted by molar-refractivity contribution is 6.31. The molecule has 2 fully saturated rings. The van der Waals surface area contributed by atoms with Crippen LogP contribution in [-0.4, -0.2) is 70.4 Å². The van der Waals surface area contributed by atoms with Crippen molar-refractivity contribution in [1.82, 2.24) is 19.7 Å². The molecule has 2 aliphatic heterocycles. The first kappa shape index (κ1) is 25.0. The smallest absolute Gasteiger partial charge is 0.320 e. The Morgan fingerprint density at radius 3 is 2.60 bits per heavy atom. The Hall–Kier alpha value is -3.15. The number of amides is 3. The van der Waals surface area contributed by atoms with Gasteiger partial charge in [0.15, 0.2) is 0 Å². The van der Waals surface area contributed by atoms with E-state index >= 15 is 0 Å². The first-order valence-electron chi connectivity index (χ1n) is 12.0. The summed E-state index contributed by atoms with van der Waals surface area (Å²) in [6.45, 7) is 10.4. The van der Waals surface area contributed by atoms with E-state index in [1.165, 1.54) is 6.20 Å². The Bertz CT molecular complexity index is 1170. The predicted molar refractivity (Wildman–Crippen MR) is 135 cm³/mol. The minimum absolute atomic E-state index is 0.124. The van der Waals surface area contributed by atoms with E-state index < -0.39 is 0 Å². The molecule has 1 aromatic heterocycles. The number of pyridine rings is 1. The number of hydrogen-bond donors (Lipinski definition) is 1. The van der Waals surface area contributed by atoms with Gasteiger partial charge in [0.25, 0.3) is 5.91 Å². The van der Waals surface area contributed by atoms with Gasteiger partial charge in [0, 0.05) is 62.2 Å². The van der Waals surface area contributed by atoms with Gasteiger partial charge in [-0.1, -0.05) is 11.6 Å². The number of nitriles is 1. The number of aryl methyl sites for hydroxylation is 1. The van der Waals surface area contributed by atoms with Gasteiger partial charge in [-0.15, -0.1) is 0 Å². The first-order valence-corrected chi connectivity index (χ1v) is 12.4. The summed E-state index contributed by atoms with van der Waals surface area (Å²) in [6.07, 6.45) is 3.65. The molecule has 184 valence electrons. The van der Waals surface area contributed by atoms with E-state index in [-0.39, 0.29) is 18.0 Å². The third-order valence-corrected chi connectivity index (χ3v) is 7.14. The number of likely N-dealkylation sites (tertiary alicyclic amines) is 1. The molecule has 1 N–H and O–H groups in total. The van der Waals surface area contributed by atoms with Gasteiger partial charge in [-0.3, -0.25) is 14.7 Å². The molecule has 1 aromatic carbocycles. The van der Waals surface area contributed by atoms with E-state index in [2.05, 4.69) is 28.2 Å². The highest BCUT2D eigenvalue weighted by Crippen LogP contribution is 2.27. The summed E-state index contributed by atoms with van der Waals surface area (Å²) in [7, 11) is 0. The number of benzene rings is 1. The Labute approximate surface area is 211 Å². The van der Waals surface area contributed by atoms with Gasteiger partial charge in [0.05, 0.1) is 16.8 Å². The Kier molecular flexibility index (Phi) is 7.58. The van der Waals surface area contributed by atoms with Gasteiger partial charge in [-0.05, 0) is 62.9 Å². The van der Waals surface area contributed by atoms with Crippen LogP contribution in [0.25, 0.3) is 0 Å². The number of rotatable bonds is 4. The summed E-state index contributed by atoms with van der Waals surface area (Å²) >= 11 is 6.42. The standard InChI is InChI=1S/C26H31ClN6O2/c1-17-15-31(8-9-33(17)26(35)32-6-4-5-7-32)16-22-11-23(27)12-24(18(22)2)30-25(34)21-10-20(13-28)19(3)29-14-21/h10-12,14,17H,4-9,15-16H2,1-3H3,(H,30,34)/t17-/m0/s1. The maximum absolute atomic E-state index is 12.9. The maximum atomic E-state index is 12.9. The molecule has 0 unspecified atom stereocenters. The lowest BCUT2D eigenvalue weighted by atomic mass is 10.0. The van der Waals surface area contributed by atoms with Crippen molar-refractivity contribution in [3.63, 3.8) is 0 Å². The topological polar surface area (TPSA) is 92.6 Å². The summed E-state index contributed by atoms with van der Waals surface area (Å²) in [6, 6.07) is 7.55. The molecule has 2 aliphatic rings. The van der Waals surface area contributed by atoms with E-state index in [9.17, 15) is 14.9 Å². The number of piperazine rings is 1. The van der Waals surface area contributed by atoms with Crippen molar-refractivity contribution in [1.29, 1.82) is 5.26 Å². The van der Waals surface area contributed by atoms with Crippen LogP contribution in [0.4, 0.5) is 10.5 Å². The van der Waals surface area contributed by atoms with Crippen molar-refractivity contribution in [2.45, 2.75) is 46.2 Å². The third kappa shape index (κ3) is 5.58. The second-order valence-corrected chi connectivity index (χ2v) is 9.85. The number of urea groups is 1. The number of nitrogens with one attached hydrogen (secondary N) is 1. The summed E-state index contributed by atoms with van der Waals surface area (Å²) < 4.78 is 0. The van der Waals surface area contributed by atoms with Crippen LogP contribution in [0.5, 0.6) is 0 Å². The average Bonchev–Trinajstić information content (AvgIpc) is 3.37.